The minimum atomic E-state index is -3.25. The van der Waals surface area contributed by atoms with Crippen LogP contribution in [0.15, 0.2) is 28.1 Å². The molecular formula is C17H29N3O4S2. The van der Waals surface area contributed by atoms with Gasteiger partial charge in [-0.2, -0.15) is 0 Å². The second-order valence-corrected chi connectivity index (χ2v) is 11.6. The van der Waals surface area contributed by atoms with Crippen LogP contribution in [0.2, 0.25) is 0 Å². The standard InChI is InChI=1S/C17H29N3O4S2/c1-7-18-16(20-12-17(3,4)26(6,23)24)19-11-14-8-9-15(13(2)10-14)25(5,21)22/h8-10H,7,11-12H2,1-6H3,(H2,18,19,20). The molecule has 0 spiro atoms. The van der Waals surface area contributed by atoms with Crippen LogP contribution in [0.1, 0.15) is 31.9 Å². The zero-order chi connectivity index (χ0) is 20.2. The van der Waals surface area contributed by atoms with E-state index in [1.807, 2.05) is 6.92 Å². The van der Waals surface area contributed by atoms with Crippen molar-refractivity contribution >= 4 is 25.6 Å². The molecule has 0 aliphatic heterocycles. The molecule has 0 fully saturated rings. The highest BCUT2D eigenvalue weighted by Crippen LogP contribution is 2.17. The molecule has 0 saturated carbocycles. The Morgan fingerprint density at radius 3 is 2.19 bits per heavy atom. The third-order valence-corrected chi connectivity index (χ3v) is 7.50. The van der Waals surface area contributed by atoms with Crippen LogP contribution in [-0.2, 0) is 26.2 Å². The summed E-state index contributed by atoms with van der Waals surface area (Å²) in [5.74, 6) is 0.508. The number of aliphatic imine (C=N–C) groups is 1. The number of nitrogens with one attached hydrogen (secondary N) is 2. The summed E-state index contributed by atoms with van der Waals surface area (Å²) >= 11 is 0. The SMILES string of the molecule is CCNC(=NCc1ccc(S(C)(=O)=O)c(C)c1)NCC(C)(C)S(C)(=O)=O. The largest absolute Gasteiger partial charge is 0.357 e. The quantitative estimate of drug-likeness (QED) is 0.525. The van der Waals surface area contributed by atoms with Gasteiger partial charge in [0.25, 0.3) is 0 Å². The Balaban J connectivity index is 2.92. The maximum absolute atomic E-state index is 11.8. The second kappa shape index (κ2) is 8.39. The number of sulfone groups is 2. The van der Waals surface area contributed by atoms with Crippen molar-refractivity contribution in [2.75, 3.05) is 25.6 Å². The van der Waals surface area contributed by atoms with Gasteiger partial charge in [0.15, 0.2) is 25.6 Å². The van der Waals surface area contributed by atoms with Crippen molar-refractivity contribution in [3.05, 3.63) is 29.3 Å². The van der Waals surface area contributed by atoms with Crippen molar-refractivity contribution in [2.45, 2.75) is 43.9 Å². The van der Waals surface area contributed by atoms with Gasteiger partial charge in [-0.1, -0.05) is 12.1 Å². The highest BCUT2D eigenvalue weighted by Gasteiger charge is 2.30. The molecule has 0 saturated heterocycles. The Labute approximate surface area is 157 Å². The van der Waals surface area contributed by atoms with E-state index >= 15 is 0 Å². The van der Waals surface area contributed by atoms with Gasteiger partial charge in [-0.3, -0.25) is 0 Å². The molecule has 26 heavy (non-hydrogen) atoms. The van der Waals surface area contributed by atoms with Gasteiger partial charge in [0, 0.05) is 25.6 Å². The Hall–Kier alpha value is -1.61. The van der Waals surface area contributed by atoms with Crippen molar-refractivity contribution in [1.29, 1.82) is 0 Å². The lowest BCUT2D eigenvalue weighted by molar-refractivity contribution is 0.544. The smallest absolute Gasteiger partial charge is 0.191 e. The van der Waals surface area contributed by atoms with E-state index in [1.165, 1.54) is 12.5 Å². The molecule has 0 aromatic heterocycles. The molecular weight excluding hydrogens is 374 g/mol. The van der Waals surface area contributed by atoms with Gasteiger partial charge in [-0.15, -0.1) is 0 Å². The van der Waals surface area contributed by atoms with Crippen LogP contribution in [-0.4, -0.2) is 53.1 Å². The van der Waals surface area contributed by atoms with Crippen molar-refractivity contribution in [3.63, 3.8) is 0 Å². The van der Waals surface area contributed by atoms with Crippen LogP contribution in [0.3, 0.4) is 0 Å². The predicted molar refractivity (Wildman–Crippen MR) is 106 cm³/mol. The van der Waals surface area contributed by atoms with Gasteiger partial charge in [-0.05, 0) is 44.9 Å². The molecule has 148 valence electrons. The molecule has 9 heteroatoms. The molecule has 1 aromatic carbocycles. The lowest BCUT2D eigenvalue weighted by Crippen LogP contribution is -2.47. The first kappa shape index (κ1) is 22.4. The monoisotopic (exact) mass is 403 g/mol. The lowest BCUT2D eigenvalue weighted by atomic mass is 10.1. The molecule has 2 N–H and O–H groups in total. The van der Waals surface area contributed by atoms with Crippen LogP contribution < -0.4 is 10.6 Å². The zero-order valence-corrected chi connectivity index (χ0v) is 17.9. The Kier molecular flexibility index (Phi) is 7.24. The van der Waals surface area contributed by atoms with Crippen LogP contribution in [0.25, 0.3) is 0 Å². The number of aryl methyl sites for hydroxylation is 1. The summed E-state index contributed by atoms with van der Waals surface area (Å²) in [4.78, 5) is 4.76. The summed E-state index contributed by atoms with van der Waals surface area (Å²) in [7, 11) is -6.45. The molecule has 0 aliphatic carbocycles. The van der Waals surface area contributed by atoms with Gasteiger partial charge in [0.05, 0.1) is 16.2 Å². The summed E-state index contributed by atoms with van der Waals surface area (Å²) in [6.45, 7) is 8.20. The van der Waals surface area contributed by atoms with Crippen LogP contribution in [0, 0.1) is 6.92 Å². The Bertz CT molecular complexity index is 873. The van der Waals surface area contributed by atoms with Gasteiger partial charge < -0.3 is 10.6 Å². The van der Waals surface area contributed by atoms with E-state index in [-0.39, 0.29) is 6.54 Å². The Morgan fingerprint density at radius 2 is 1.73 bits per heavy atom. The van der Waals surface area contributed by atoms with Crippen molar-refractivity contribution in [2.24, 2.45) is 4.99 Å². The molecule has 0 atom stereocenters. The average molecular weight is 404 g/mol. The van der Waals surface area contributed by atoms with E-state index in [2.05, 4.69) is 15.6 Å². The van der Waals surface area contributed by atoms with Gasteiger partial charge in [0.2, 0.25) is 0 Å². The molecule has 1 rings (SSSR count). The third kappa shape index (κ3) is 6.28. The topological polar surface area (TPSA) is 105 Å². The van der Waals surface area contributed by atoms with Crippen molar-refractivity contribution in [3.8, 4) is 0 Å². The van der Waals surface area contributed by atoms with E-state index in [0.717, 1.165) is 5.56 Å². The number of hydrogen-bond acceptors (Lipinski definition) is 5. The highest BCUT2D eigenvalue weighted by molar-refractivity contribution is 7.92. The third-order valence-electron chi connectivity index (χ3n) is 4.09. The predicted octanol–water partition coefficient (Wildman–Crippen LogP) is 1.28. The first-order valence-corrected chi connectivity index (χ1v) is 12.1. The highest BCUT2D eigenvalue weighted by atomic mass is 32.2. The summed E-state index contributed by atoms with van der Waals surface area (Å²) in [6.07, 6.45) is 2.40. The normalized spacial score (nSPS) is 13.5. The first-order valence-electron chi connectivity index (χ1n) is 8.29. The van der Waals surface area contributed by atoms with E-state index in [1.54, 1.807) is 39.0 Å². The fourth-order valence-electron chi connectivity index (χ4n) is 2.17. The second-order valence-electron chi connectivity index (χ2n) is 6.95. The minimum Gasteiger partial charge on any atom is -0.357 e. The fraction of sp³-hybridized carbons (Fsp3) is 0.588. The first-order chi connectivity index (χ1) is 11.8. The van der Waals surface area contributed by atoms with Crippen molar-refractivity contribution < 1.29 is 16.8 Å². The van der Waals surface area contributed by atoms with Gasteiger partial charge in [0.1, 0.15) is 0 Å². The minimum absolute atomic E-state index is 0.226. The zero-order valence-electron chi connectivity index (χ0n) is 16.3. The maximum Gasteiger partial charge on any atom is 0.191 e. The lowest BCUT2D eigenvalue weighted by Gasteiger charge is -2.24. The number of hydrogen-bond donors (Lipinski definition) is 2. The molecule has 0 amide bonds. The molecule has 7 nitrogen and oxygen atoms in total. The van der Waals surface area contributed by atoms with Gasteiger partial charge in [-0.25, -0.2) is 21.8 Å². The molecule has 0 aliphatic rings. The fourth-order valence-corrected chi connectivity index (χ4v) is 3.46. The van der Waals surface area contributed by atoms with Crippen molar-refractivity contribution in [1.82, 2.24) is 10.6 Å². The average Bonchev–Trinajstić information content (AvgIpc) is 2.47. The molecule has 1 aromatic rings. The van der Waals surface area contributed by atoms with E-state index < -0.39 is 24.4 Å². The molecule has 0 radical (unpaired) electrons. The summed E-state index contributed by atoms with van der Waals surface area (Å²) in [5, 5.41) is 6.13. The molecule has 0 unspecified atom stereocenters. The number of rotatable bonds is 7. The summed E-state index contributed by atoms with van der Waals surface area (Å²) in [6, 6.07) is 5.11. The molecule has 0 bridgehead atoms. The van der Waals surface area contributed by atoms with Crippen LogP contribution >= 0.6 is 0 Å². The molecule has 0 heterocycles. The number of nitrogens with zero attached hydrogens (tertiary/aromatic N) is 1. The number of guanidine groups is 1. The van der Waals surface area contributed by atoms with E-state index in [9.17, 15) is 16.8 Å². The Morgan fingerprint density at radius 1 is 1.12 bits per heavy atom. The summed E-state index contributed by atoms with van der Waals surface area (Å²) < 4.78 is 46.0. The van der Waals surface area contributed by atoms with Gasteiger partial charge >= 0.3 is 0 Å². The van der Waals surface area contributed by atoms with E-state index in [4.69, 9.17) is 0 Å². The number of benzene rings is 1. The van der Waals surface area contributed by atoms with Crippen LogP contribution in [0.5, 0.6) is 0 Å². The van der Waals surface area contributed by atoms with Crippen LogP contribution in [0.4, 0.5) is 0 Å². The van der Waals surface area contributed by atoms with E-state index in [0.29, 0.717) is 29.5 Å². The summed E-state index contributed by atoms with van der Waals surface area (Å²) in [5.41, 5.74) is 1.55. The maximum atomic E-state index is 11.8.